The van der Waals surface area contributed by atoms with Crippen molar-refractivity contribution in [3.8, 4) is 0 Å². The average Bonchev–Trinajstić information content (AvgIpc) is 2.65. The fourth-order valence-corrected chi connectivity index (χ4v) is 4.66. The maximum atomic E-state index is 14.6. The van der Waals surface area contributed by atoms with Gasteiger partial charge in [0.05, 0.1) is 0 Å². The third kappa shape index (κ3) is 4.35. The molecule has 2 aromatic carbocycles. The molecule has 1 aliphatic heterocycles. The molecule has 3 N–H and O–H groups in total. The van der Waals surface area contributed by atoms with Gasteiger partial charge in [-0.05, 0) is 36.1 Å². The molecule has 0 aromatic heterocycles. The number of sulfonamides is 1. The van der Waals surface area contributed by atoms with Crippen LogP contribution in [0.15, 0.2) is 47.4 Å². The Kier molecular flexibility index (Phi) is 5.88. The van der Waals surface area contributed by atoms with Gasteiger partial charge < -0.3 is 11.1 Å². The SMILES string of the molecule is NCCN(CCc1ccccc1)S(=O)(=O)c1cc2c(cc1F)NC(=O)CC2. The number of carbonyl (C=O) groups excluding carboxylic acids is 1. The summed E-state index contributed by atoms with van der Waals surface area (Å²) in [5.74, 6) is -1.08. The second-order valence-corrected chi connectivity index (χ2v) is 8.32. The molecule has 1 amide bonds. The minimum atomic E-state index is -4.05. The number of rotatable bonds is 7. The van der Waals surface area contributed by atoms with Crippen molar-refractivity contribution in [3.63, 3.8) is 0 Å². The van der Waals surface area contributed by atoms with Crippen LogP contribution in [0.5, 0.6) is 0 Å². The van der Waals surface area contributed by atoms with Crippen molar-refractivity contribution in [1.82, 2.24) is 4.31 Å². The second kappa shape index (κ2) is 8.16. The summed E-state index contributed by atoms with van der Waals surface area (Å²) in [6, 6.07) is 11.9. The Morgan fingerprint density at radius 1 is 1.11 bits per heavy atom. The monoisotopic (exact) mass is 391 g/mol. The van der Waals surface area contributed by atoms with Gasteiger partial charge in [-0.3, -0.25) is 4.79 Å². The lowest BCUT2D eigenvalue weighted by atomic mass is 10.0. The third-order valence-corrected chi connectivity index (χ3v) is 6.46. The summed E-state index contributed by atoms with van der Waals surface area (Å²) >= 11 is 0. The quantitative estimate of drug-likeness (QED) is 0.754. The van der Waals surface area contributed by atoms with Gasteiger partial charge in [-0.1, -0.05) is 30.3 Å². The van der Waals surface area contributed by atoms with E-state index in [-0.39, 0.29) is 36.9 Å². The van der Waals surface area contributed by atoms with Crippen molar-refractivity contribution < 1.29 is 17.6 Å². The third-order valence-electron chi connectivity index (χ3n) is 4.54. The van der Waals surface area contributed by atoms with Gasteiger partial charge in [0.25, 0.3) is 0 Å². The molecule has 144 valence electrons. The highest BCUT2D eigenvalue weighted by molar-refractivity contribution is 7.89. The fourth-order valence-electron chi connectivity index (χ4n) is 3.11. The molecule has 0 atom stereocenters. The minimum absolute atomic E-state index is 0.0996. The Hall–Kier alpha value is -2.29. The first-order valence-electron chi connectivity index (χ1n) is 8.78. The van der Waals surface area contributed by atoms with Gasteiger partial charge in [-0.25, -0.2) is 12.8 Å². The smallest absolute Gasteiger partial charge is 0.246 e. The van der Waals surface area contributed by atoms with E-state index in [4.69, 9.17) is 5.73 Å². The normalized spacial score (nSPS) is 14.1. The molecule has 8 heteroatoms. The van der Waals surface area contributed by atoms with Crippen LogP contribution >= 0.6 is 0 Å². The van der Waals surface area contributed by atoms with Crippen molar-refractivity contribution in [1.29, 1.82) is 0 Å². The van der Waals surface area contributed by atoms with E-state index in [1.165, 1.54) is 10.4 Å². The Morgan fingerprint density at radius 2 is 1.85 bits per heavy atom. The standard InChI is InChI=1S/C19H22FN3O3S/c20-16-13-17-15(6-7-19(24)22-17)12-18(16)27(25,26)23(11-9-21)10-8-14-4-2-1-3-5-14/h1-5,12-13H,6-11,21H2,(H,22,24). The molecule has 0 spiro atoms. The Bertz CT molecular complexity index is 933. The van der Waals surface area contributed by atoms with Crippen molar-refractivity contribution in [2.75, 3.05) is 25.0 Å². The van der Waals surface area contributed by atoms with E-state index in [1.807, 2.05) is 30.3 Å². The summed E-state index contributed by atoms with van der Waals surface area (Å²) in [6.45, 7) is 0.440. The molecule has 1 aliphatic rings. The number of nitrogens with two attached hydrogens (primary N) is 1. The number of hydrogen-bond donors (Lipinski definition) is 2. The highest BCUT2D eigenvalue weighted by Crippen LogP contribution is 2.29. The molecule has 2 aromatic rings. The molecule has 0 aliphatic carbocycles. The Labute approximate surface area is 158 Å². The molecular formula is C19H22FN3O3S. The lowest BCUT2D eigenvalue weighted by Crippen LogP contribution is -2.37. The Balaban J connectivity index is 1.89. The van der Waals surface area contributed by atoms with Crippen LogP contribution in [-0.4, -0.2) is 38.3 Å². The highest BCUT2D eigenvalue weighted by atomic mass is 32.2. The first-order valence-corrected chi connectivity index (χ1v) is 10.2. The van der Waals surface area contributed by atoms with Gasteiger partial charge in [0.15, 0.2) is 0 Å². The number of amides is 1. The van der Waals surface area contributed by atoms with Crippen LogP contribution in [0, 0.1) is 5.82 Å². The lowest BCUT2D eigenvalue weighted by molar-refractivity contribution is -0.116. The molecule has 3 rings (SSSR count). The van der Waals surface area contributed by atoms with Crippen molar-refractivity contribution in [2.45, 2.75) is 24.2 Å². The van der Waals surface area contributed by atoms with Crippen LogP contribution in [0.1, 0.15) is 17.5 Å². The zero-order valence-electron chi connectivity index (χ0n) is 14.8. The summed E-state index contributed by atoms with van der Waals surface area (Å²) in [7, 11) is -4.05. The fraction of sp³-hybridized carbons (Fsp3) is 0.316. The van der Waals surface area contributed by atoms with Gasteiger partial charge in [0, 0.05) is 31.7 Å². The van der Waals surface area contributed by atoms with Gasteiger partial charge in [-0.2, -0.15) is 4.31 Å². The predicted octanol–water partition coefficient (Wildman–Crippen LogP) is 1.90. The largest absolute Gasteiger partial charge is 0.329 e. The summed E-state index contributed by atoms with van der Waals surface area (Å²) in [4.78, 5) is 11.1. The summed E-state index contributed by atoms with van der Waals surface area (Å²) in [6.07, 6.45) is 1.13. The van der Waals surface area contributed by atoms with E-state index >= 15 is 0 Å². The average molecular weight is 391 g/mol. The van der Waals surface area contributed by atoms with E-state index in [1.54, 1.807) is 0 Å². The second-order valence-electron chi connectivity index (χ2n) is 6.42. The molecule has 0 saturated heterocycles. The predicted molar refractivity (Wildman–Crippen MR) is 101 cm³/mol. The van der Waals surface area contributed by atoms with Crippen LogP contribution in [0.4, 0.5) is 10.1 Å². The van der Waals surface area contributed by atoms with Gasteiger partial charge in [0.1, 0.15) is 10.7 Å². The van der Waals surface area contributed by atoms with Crippen LogP contribution < -0.4 is 11.1 Å². The van der Waals surface area contributed by atoms with Gasteiger partial charge in [0.2, 0.25) is 15.9 Å². The van der Waals surface area contributed by atoms with Gasteiger partial charge in [-0.15, -0.1) is 0 Å². The molecule has 0 bridgehead atoms. The summed E-state index contributed by atoms with van der Waals surface area (Å²) in [5.41, 5.74) is 7.53. The molecule has 6 nitrogen and oxygen atoms in total. The molecule has 0 radical (unpaired) electrons. The first-order chi connectivity index (χ1) is 12.9. The highest BCUT2D eigenvalue weighted by Gasteiger charge is 2.29. The lowest BCUT2D eigenvalue weighted by Gasteiger charge is -2.24. The first kappa shape index (κ1) is 19.5. The minimum Gasteiger partial charge on any atom is -0.329 e. The van der Waals surface area contributed by atoms with Gasteiger partial charge >= 0.3 is 0 Å². The van der Waals surface area contributed by atoms with E-state index in [9.17, 15) is 17.6 Å². The number of anilines is 1. The van der Waals surface area contributed by atoms with Crippen molar-refractivity contribution in [3.05, 3.63) is 59.4 Å². The number of hydrogen-bond acceptors (Lipinski definition) is 4. The van der Waals surface area contributed by atoms with E-state index in [0.717, 1.165) is 11.6 Å². The number of nitrogens with one attached hydrogen (secondary N) is 1. The van der Waals surface area contributed by atoms with Crippen molar-refractivity contribution in [2.24, 2.45) is 5.73 Å². The zero-order valence-corrected chi connectivity index (χ0v) is 15.6. The van der Waals surface area contributed by atoms with E-state index in [2.05, 4.69) is 5.32 Å². The van der Waals surface area contributed by atoms with Crippen molar-refractivity contribution >= 4 is 21.6 Å². The summed E-state index contributed by atoms with van der Waals surface area (Å²) in [5, 5.41) is 2.57. The van der Waals surface area contributed by atoms with E-state index in [0.29, 0.717) is 24.1 Å². The number of fused-ring (bicyclic) bond motifs is 1. The number of aryl methyl sites for hydroxylation is 1. The molecule has 1 heterocycles. The molecule has 0 fully saturated rings. The zero-order chi connectivity index (χ0) is 19.4. The van der Waals surface area contributed by atoms with E-state index < -0.39 is 15.8 Å². The molecule has 0 saturated carbocycles. The maximum absolute atomic E-state index is 14.6. The number of nitrogens with zero attached hydrogens (tertiary/aromatic N) is 1. The van der Waals surface area contributed by atoms with Crippen LogP contribution in [0.2, 0.25) is 0 Å². The maximum Gasteiger partial charge on any atom is 0.246 e. The van der Waals surface area contributed by atoms with Crippen LogP contribution in [0.3, 0.4) is 0 Å². The van der Waals surface area contributed by atoms with Crippen LogP contribution in [0.25, 0.3) is 0 Å². The topological polar surface area (TPSA) is 92.5 Å². The molecule has 0 unspecified atom stereocenters. The molecular weight excluding hydrogens is 369 g/mol. The molecule has 27 heavy (non-hydrogen) atoms. The number of benzene rings is 2. The number of carbonyl (C=O) groups is 1. The number of halogens is 1. The summed E-state index contributed by atoms with van der Waals surface area (Å²) < 4.78 is 41.9. The van der Waals surface area contributed by atoms with Crippen LogP contribution in [-0.2, 0) is 27.7 Å². The Morgan fingerprint density at radius 3 is 2.56 bits per heavy atom.